The highest BCUT2D eigenvalue weighted by Crippen LogP contribution is 2.28. The van der Waals surface area contributed by atoms with Crippen molar-refractivity contribution >= 4 is 45.0 Å². The maximum Gasteiger partial charge on any atom is 0.263 e. The topological polar surface area (TPSA) is 121 Å². The van der Waals surface area contributed by atoms with Crippen molar-refractivity contribution in [3.63, 3.8) is 0 Å². The molecule has 2 amide bonds. The van der Waals surface area contributed by atoms with Crippen LogP contribution in [0.15, 0.2) is 29.1 Å². The lowest BCUT2D eigenvalue weighted by atomic mass is 10.1. The number of nitrogens with zero attached hydrogens (tertiary/aromatic N) is 2. The van der Waals surface area contributed by atoms with Crippen molar-refractivity contribution in [3.8, 4) is 0 Å². The Bertz CT molecular complexity index is 1130. The Balaban J connectivity index is 2.30. The van der Waals surface area contributed by atoms with E-state index in [1.54, 1.807) is 26.0 Å². The minimum atomic E-state index is -0.844. The summed E-state index contributed by atoms with van der Waals surface area (Å²) in [5.41, 5.74) is 11.9. The van der Waals surface area contributed by atoms with Gasteiger partial charge >= 0.3 is 0 Å². The lowest BCUT2D eigenvalue weighted by Crippen LogP contribution is -2.36. The molecule has 0 radical (unpaired) electrons. The van der Waals surface area contributed by atoms with Crippen molar-refractivity contribution in [1.82, 2.24) is 9.55 Å². The summed E-state index contributed by atoms with van der Waals surface area (Å²) in [6.45, 7) is 3.42. The molecule has 3 rings (SSSR count). The second-order valence-electron chi connectivity index (χ2n) is 6.43. The predicted molar refractivity (Wildman–Crippen MR) is 110 cm³/mol. The SMILES string of the molecule is CCC(C(N)=O)n1c(Cc2ccc(Cl)cc2)nc2sc(C(N)=O)c(C)c2c1=O. The third-order valence-corrected chi connectivity index (χ3v) is 6.05. The molecule has 0 saturated heterocycles. The molecule has 146 valence electrons. The monoisotopic (exact) mass is 418 g/mol. The van der Waals surface area contributed by atoms with Crippen LogP contribution >= 0.6 is 22.9 Å². The van der Waals surface area contributed by atoms with Gasteiger partial charge in [0.25, 0.3) is 11.5 Å². The van der Waals surface area contributed by atoms with Gasteiger partial charge in [0.2, 0.25) is 5.91 Å². The average molecular weight is 419 g/mol. The van der Waals surface area contributed by atoms with Crippen LogP contribution in [-0.4, -0.2) is 21.4 Å². The van der Waals surface area contributed by atoms with Crippen molar-refractivity contribution in [2.45, 2.75) is 32.7 Å². The van der Waals surface area contributed by atoms with Gasteiger partial charge in [-0.05, 0) is 36.6 Å². The molecule has 1 aromatic carbocycles. The lowest BCUT2D eigenvalue weighted by molar-refractivity contribution is -0.121. The molecular formula is C19H19ClN4O3S. The number of carbonyl (C=O) groups excluding carboxylic acids is 2. The standard InChI is InChI=1S/C19H19ClN4O3S/c1-3-12(16(21)25)24-13(8-10-4-6-11(20)7-5-10)23-18-14(19(24)27)9(2)15(28-18)17(22)26/h4-7,12H,3,8H2,1-2H3,(H2,21,25)(H2,22,26). The van der Waals surface area contributed by atoms with E-state index in [2.05, 4.69) is 4.98 Å². The number of nitrogens with two attached hydrogens (primary N) is 2. The summed E-state index contributed by atoms with van der Waals surface area (Å²) < 4.78 is 1.34. The number of amides is 2. The van der Waals surface area contributed by atoms with E-state index in [0.29, 0.717) is 39.5 Å². The van der Waals surface area contributed by atoms with E-state index in [0.717, 1.165) is 16.9 Å². The highest BCUT2D eigenvalue weighted by molar-refractivity contribution is 7.20. The number of fused-ring (bicyclic) bond motifs is 1. The highest BCUT2D eigenvalue weighted by atomic mass is 35.5. The highest BCUT2D eigenvalue weighted by Gasteiger charge is 2.25. The molecule has 1 atom stereocenters. The van der Waals surface area contributed by atoms with Gasteiger partial charge in [-0.2, -0.15) is 0 Å². The first-order valence-electron chi connectivity index (χ1n) is 8.62. The molecule has 7 nitrogen and oxygen atoms in total. The Morgan fingerprint density at radius 2 is 1.89 bits per heavy atom. The number of hydrogen-bond acceptors (Lipinski definition) is 5. The molecule has 0 aliphatic heterocycles. The molecular weight excluding hydrogens is 400 g/mol. The lowest BCUT2D eigenvalue weighted by Gasteiger charge is -2.19. The van der Waals surface area contributed by atoms with Crippen LogP contribution in [0.25, 0.3) is 10.2 Å². The zero-order valence-electron chi connectivity index (χ0n) is 15.4. The maximum absolute atomic E-state index is 13.3. The van der Waals surface area contributed by atoms with Crippen molar-refractivity contribution in [1.29, 1.82) is 0 Å². The molecule has 0 aliphatic carbocycles. The summed E-state index contributed by atoms with van der Waals surface area (Å²) in [7, 11) is 0. The van der Waals surface area contributed by atoms with E-state index >= 15 is 0 Å². The Morgan fingerprint density at radius 1 is 1.25 bits per heavy atom. The molecule has 1 unspecified atom stereocenters. The fourth-order valence-corrected chi connectivity index (χ4v) is 4.38. The van der Waals surface area contributed by atoms with Crippen molar-refractivity contribution < 1.29 is 9.59 Å². The van der Waals surface area contributed by atoms with E-state index in [1.807, 2.05) is 12.1 Å². The molecule has 0 bridgehead atoms. The second-order valence-corrected chi connectivity index (χ2v) is 7.87. The number of halogens is 1. The van der Waals surface area contributed by atoms with Crippen molar-refractivity contribution in [3.05, 3.63) is 61.5 Å². The average Bonchev–Trinajstić information content (AvgIpc) is 2.96. The van der Waals surface area contributed by atoms with Crippen LogP contribution in [0.2, 0.25) is 5.02 Å². The zero-order chi connectivity index (χ0) is 20.6. The summed E-state index contributed by atoms with van der Waals surface area (Å²) in [5.74, 6) is -0.846. The summed E-state index contributed by atoms with van der Waals surface area (Å²) in [5, 5.41) is 0.881. The van der Waals surface area contributed by atoms with Gasteiger partial charge in [-0.1, -0.05) is 30.7 Å². The summed E-state index contributed by atoms with van der Waals surface area (Å²) in [6, 6.07) is 6.28. The second kappa shape index (κ2) is 7.73. The maximum atomic E-state index is 13.3. The molecule has 0 saturated carbocycles. The van der Waals surface area contributed by atoms with Crippen molar-refractivity contribution in [2.24, 2.45) is 11.5 Å². The van der Waals surface area contributed by atoms with E-state index in [9.17, 15) is 14.4 Å². The quantitative estimate of drug-likeness (QED) is 0.638. The van der Waals surface area contributed by atoms with Gasteiger partial charge in [0.05, 0.1) is 10.3 Å². The van der Waals surface area contributed by atoms with Gasteiger partial charge in [0.1, 0.15) is 16.7 Å². The van der Waals surface area contributed by atoms with Crippen LogP contribution in [0.1, 0.15) is 46.0 Å². The molecule has 9 heteroatoms. The summed E-state index contributed by atoms with van der Waals surface area (Å²) in [6.07, 6.45) is 0.636. The van der Waals surface area contributed by atoms with Crippen LogP contribution in [-0.2, 0) is 11.2 Å². The summed E-state index contributed by atoms with van der Waals surface area (Å²) in [4.78, 5) is 42.3. The third kappa shape index (κ3) is 3.53. The van der Waals surface area contributed by atoms with Gasteiger partial charge < -0.3 is 11.5 Å². The minimum absolute atomic E-state index is 0.280. The first-order valence-corrected chi connectivity index (χ1v) is 9.82. The largest absolute Gasteiger partial charge is 0.368 e. The van der Waals surface area contributed by atoms with E-state index in [4.69, 9.17) is 23.1 Å². The first-order chi connectivity index (χ1) is 13.2. The van der Waals surface area contributed by atoms with Crippen molar-refractivity contribution in [2.75, 3.05) is 0 Å². The zero-order valence-corrected chi connectivity index (χ0v) is 16.9. The van der Waals surface area contributed by atoms with Gasteiger partial charge in [0, 0.05) is 11.4 Å². The number of aromatic nitrogens is 2. The Labute approximate surface area is 169 Å². The van der Waals surface area contributed by atoms with Crippen LogP contribution in [0.4, 0.5) is 0 Å². The summed E-state index contributed by atoms with van der Waals surface area (Å²) >= 11 is 7.01. The molecule has 2 aromatic heterocycles. The molecule has 3 aromatic rings. The fourth-order valence-electron chi connectivity index (χ4n) is 3.21. The number of hydrogen-bond donors (Lipinski definition) is 2. The van der Waals surface area contributed by atoms with Crippen LogP contribution in [0, 0.1) is 6.92 Å². The van der Waals surface area contributed by atoms with Gasteiger partial charge in [-0.15, -0.1) is 11.3 Å². The Kier molecular flexibility index (Phi) is 5.53. The fraction of sp³-hybridized carbons (Fsp3) is 0.263. The number of thiophene rings is 1. The van der Waals surface area contributed by atoms with E-state index < -0.39 is 23.4 Å². The molecule has 2 heterocycles. The number of rotatable bonds is 6. The smallest absolute Gasteiger partial charge is 0.263 e. The first kappa shape index (κ1) is 20.0. The normalized spacial score (nSPS) is 12.2. The third-order valence-electron chi connectivity index (χ3n) is 4.60. The molecule has 0 spiro atoms. The van der Waals surface area contributed by atoms with Gasteiger partial charge in [-0.25, -0.2) is 4.98 Å². The predicted octanol–water partition coefficient (Wildman–Crippen LogP) is 2.55. The molecule has 28 heavy (non-hydrogen) atoms. The molecule has 0 fully saturated rings. The molecule has 0 aliphatic rings. The van der Waals surface area contributed by atoms with Crippen LogP contribution in [0.3, 0.4) is 0 Å². The van der Waals surface area contributed by atoms with Gasteiger partial charge in [0.15, 0.2) is 0 Å². The van der Waals surface area contributed by atoms with Crippen LogP contribution in [0.5, 0.6) is 0 Å². The number of primary amides is 2. The number of carbonyl (C=O) groups is 2. The number of benzene rings is 1. The van der Waals surface area contributed by atoms with Gasteiger partial charge in [-0.3, -0.25) is 19.0 Å². The Hall–Kier alpha value is -2.71. The van der Waals surface area contributed by atoms with Crippen LogP contribution < -0.4 is 17.0 Å². The molecule has 4 N–H and O–H groups in total. The van der Waals surface area contributed by atoms with E-state index in [1.165, 1.54) is 4.57 Å². The Morgan fingerprint density at radius 3 is 2.43 bits per heavy atom. The van der Waals surface area contributed by atoms with E-state index in [-0.39, 0.29) is 4.88 Å². The number of aryl methyl sites for hydroxylation is 1. The minimum Gasteiger partial charge on any atom is -0.368 e.